The molecule has 0 bridgehead atoms. The normalized spacial score (nSPS) is 28.8. The summed E-state index contributed by atoms with van der Waals surface area (Å²) in [5.41, 5.74) is 8.16. The number of hydrogen-bond donors (Lipinski definition) is 1. The zero-order chi connectivity index (χ0) is 6.85. The Morgan fingerprint density at radius 3 is 2.44 bits per heavy atom. The summed E-state index contributed by atoms with van der Waals surface area (Å²) in [5.74, 6) is 0. The van der Waals surface area contributed by atoms with Crippen molar-refractivity contribution in [3.8, 4) is 0 Å². The van der Waals surface area contributed by atoms with Gasteiger partial charge in [-0.1, -0.05) is 24.3 Å². The van der Waals surface area contributed by atoms with E-state index in [0.29, 0.717) is 0 Å². The summed E-state index contributed by atoms with van der Waals surface area (Å²) >= 11 is 0. The smallest absolute Gasteiger partial charge is 0.0288 e. The molecule has 0 aromatic heterocycles. The Kier molecular flexibility index (Phi) is 1.72. The van der Waals surface area contributed by atoms with E-state index in [4.69, 9.17) is 5.73 Å². The van der Waals surface area contributed by atoms with Crippen LogP contribution in [0.3, 0.4) is 0 Å². The standard InChI is InChI=1S/C8H13N/c1-6-3-4-7(2)8(9)5-6/h8H,1-5,9H2. The van der Waals surface area contributed by atoms with Crippen molar-refractivity contribution in [2.24, 2.45) is 5.73 Å². The van der Waals surface area contributed by atoms with Crippen LogP contribution >= 0.6 is 0 Å². The van der Waals surface area contributed by atoms with Crippen molar-refractivity contribution in [2.75, 3.05) is 0 Å². The topological polar surface area (TPSA) is 26.0 Å². The summed E-state index contributed by atoms with van der Waals surface area (Å²) in [7, 11) is 0. The van der Waals surface area contributed by atoms with Crippen LogP contribution in [0, 0.1) is 0 Å². The second-order valence-corrected chi connectivity index (χ2v) is 2.72. The highest BCUT2D eigenvalue weighted by Gasteiger charge is 2.14. The minimum atomic E-state index is 0.186. The van der Waals surface area contributed by atoms with Gasteiger partial charge in [-0.15, -0.1) is 0 Å². The third kappa shape index (κ3) is 1.42. The molecule has 9 heavy (non-hydrogen) atoms. The first-order valence-corrected chi connectivity index (χ1v) is 3.30. The van der Waals surface area contributed by atoms with Gasteiger partial charge in [-0.2, -0.15) is 0 Å². The number of hydrogen-bond acceptors (Lipinski definition) is 1. The van der Waals surface area contributed by atoms with E-state index in [1.54, 1.807) is 0 Å². The molecule has 0 radical (unpaired) electrons. The SMILES string of the molecule is C=C1CCC(=C)C(N)C1. The minimum absolute atomic E-state index is 0.186. The van der Waals surface area contributed by atoms with E-state index in [0.717, 1.165) is 19.3 Å². The first kappa shape index (κ1) is 6.56. The van der Waals surface area contributed by atoms with Gasteiger partial charge >= 0.3 is 0 Å². The lowest BCUT2D eigenvalue weighted by Gasteiger charge is -2.21. The van der Waals surface area contributed by atoms with Crippen LogP contribution in [-0.4, -0.2) is 6.04 Å². The monoisotopic (exact) mass is 123 g/mol. The van der Waals surface area contributed by atoms with Crippen molar-refractivity contribution in [3.05, 3.63) is 24.3 Å². The van der Waals surface area contributed by atoms with Crippen molar-refractivity contribution in [3.63, 3.8) is 0 Å². The first-order chi connectivity index (χ1) is 4.20. The average molecular weight is 123 g/mol. The second kappa shape index (κ2) is 2.36. The molecule has 0 spiro atoms. The number of nitrogens with two attached hydrogens (primary N) is 1. The number of rotatable bonds is 0. The Morgan fingerprint density at radius 2 is 2.00 bits per heavy atom. The highest BCUT2D eigenvalue weighted by atomic mass is 14.6. The van der Waals surface area contributed by atoms with Gasteiger partial charge < -0.3 is 5.73 Å². The summed E-state index contributed by atoms with van der Waals surface area (Å²) in [6.07, 6.45) is 3.07. The van der Waals surface area contributed by atoms with E-state index in [-0.39, 0.29) is 6.04 Å². The third-order valence-electron chi connectivity index (χ3n) is 1.83. The van der Waals surface area contributed by atoms with Gasteiger partial charge in [0.15, 0.2) is 0 Å². The lowest BCUT2D eigenvalue weighted by atomic mass is 9.89. The molecule has 50 valence electrons. The Labute approximate surface area is 56.2 Å². The Morgan fingerprint density at radius 1 is 1.33 bits per heavy atom. The van der Waals surface area contributed by atoms with Gasteiger partial charge in [0.2, 0.25) is 0 Å². The maximum absolute atomic E-state index is 5.71. The quantitative estimate of drug-likeness (QED) is 0.486. The fourth-order valence-electron chi connectivity index (χ4n) is 1.08. The van der Waals surface area contributed by atoms with Crippen LogP contribution < -0.4 is 5.73 Å². The molecule has 1 atom stereocenters. The van der Waals surface area contributed by atoms with Crippen LogP contribution in [0.5, 0.6) is 0 Å². The lowest BCUT2D eigenvalue weighted by molar-refractivity contribution is 0.642. The third-order valence-corrected chi connectivity index (χ3v) is 1.83. The maximum Gasteiger partial charge on any atom is 0.0288 e. The van der Waals surface area contributed by atoms with Crippen LogP contribution in [0.15, 0.2) is 24.3 Å². The molecular formula is C8H13N. The van der Waals surface area contributed by atoms with E-state index in [2.05, 4.69) is 13.2 Å². The van der Waals surface area contributed by atoms with Crippen LogP contribution in [0.25, 0.3) is 0 Å². The molecule has 0 saturated heterocycles. The van der Waals surface area contributed by atoms with Gasteiger partial charge in [-0.3, -0.25) is 0 Å². The van der Waals surface area contributed by atoms with E-state index in [1.807, 2.05) is 0 Å². The predicted octanol–water partition coefficient (Wildman–Crippen LogP) is 1.61. The zero-order valence-electron chi connectivity index (χ0n) is 5.69. The molecule has 1 fully saturated rings. The molecule has 0 aromatic rings. The second-order valence-electron chi connectivity index (χ2n) is 2.72. The van der Waals surface area contributed by atoms with Gasteiger partial charge in [-0.25, -0.2) is 0 Å². The van der Waals surface area contributed by atoms with E-state index in [9.17, 15) is 0 Å². The summed E-state index contributed by atoms with van der Waals surface area (Å²) in [6.45, 7) is 7.74. The Balaban J connectivity index is 2.54. The fraction of sp³-hybridized carbons (Fsp3) is 0.500. The largest absolute Gasteiger partial charge is 0.324 e. The molecule has 2 N–H and O–H groups in total. The van der Waals surface area contributed by atoms with Crippen LogP contribution in [0.1, 0.15) is 19.3 Å². The van der Waals surface area contributed by atoms with Gasteiger partial charge in [0.1, 0.15) is 0 Å². The molecule has 0 amide bonds. The summed E-state index contributed by atoms with van der Waals surface area (Å²) in [5, 5.41) is 0. The van der Waals surface area contributed by atoms with Gasteiger partial charge in [-0.05, 0) is 19.3 Å². The Hall–Kier alpha value is -0.560. The van der Waals surface area contributed by atoms with Crippen molar-refractivity contribution in [1.82, 2.24) is 0 Å². The Bertz CT molecular complexity index is 147. The van der Waals surface area contributed by atoms with Crippen molar-refractivity contribution >= 4 is 0 Å². The van der Waals surface area contributed by atoms with E-state index >= 15 is 0 Å². The molecule has 1 unspecified atom stereocenters. The van der Waals surface area contributed by atoms with Gasteiger partial charge in [0.25, 0.3) is 0 Å². The maximum atomic E-state index is 5.71. The molecule has 1 rings (SSSR count). The minimum Gasteiger partial charge on any atom is -0.324 e. The van der Waals surface area contributed by atoms with E-state index in [1.165, 1.54) is 11.1 Å². The van der Waals surface area contributed by atoms with Gasteiger partial charge in [0, 0.05) is 6.04 Å². The van der Waals surface area contributed by atoms with Crippen LogP contribution in [-0.2, 0) is 0 Å². The van der Waals surface area contributed by atoms with Crippen LogP contribution in [0.4, 0.5) is 0 Å². The van der Waals surface area contributed by atoms with Crippen LogP contribution in [0.2, 0.25) is 0 Å². The van der Waals surface area contributed by atoms with E-state index < -0.39 is 0 Å². The molecule has 1 nitrogen and oxygen atoms in total. The highest BCUT2D eigenvalue weighted by Crippen LogP contribution is 2.23. The summed E-state index contributed by atoms with van der Waals surface area (Å²) < 4.78 is 0. The molecule has 0 heterocycles. The first-order valence-electron chi connectivity index (χ1n) is 3.30. The molecule has 1 aliphatic rings. The molecule has 0 aliphatic heterocycles. The summed E-state index contributed by atoms with van der Waals surface area (Å²) in [4.78, 5) is 0. The predicted molar refractivity (Wildman–Crippen MR) is 40.1 cm³/mol. The molecule has 0 aromatic carbocycles. The van der Waals surface area contributed by atoms with Crippen molar-refractivity contribution in [1.29, 1.82) is 0 Å². The molecule has 1 heteroatoms. The van der Waals surface area contributed by atoms with Gasteiger partial charge in [0.05, 0.1) is 0 Å². The van der Waals surface area contributed by atoms with Crippen molar-refractivity contribution in [2.45, 2.75) is 25.3 Å². The average Bonchev–Trinajstić information content (AvgIpc) is 1.80. The molecule has 1 saturated carbocycles. The van der Waals surface area contributed by atoms with Crippen molar-refractivity contribution < 1.29 is 0 Å². The lowest BCUT2D eigenvalue weighted by Crippen LogP contribution is -2.25. The summed E-state index contributed by atoms with van der Waals surface area (Å²) in [6, 6.07) is 0.186. The molecular weight excluding hydrogens is 110 g/mol. The zero-order valence-corrected chi connectivity index (χ0v) is 5.69. The highest BCUT2D eigenvalue weighted by molar-refractivity contribution is 5.17. The fourth-order valence-corrected chi connectivity index (χ4v) is 1.08. The molecule has 1 aliphatic carbocycles.